The molecule has 0 fully saturated rings. The molecule has 0 aliphatic heterocycles. The lowest BCUT2D eigenvalue weighted by Crippen LogP contribution is -2.40. The first-order valence-electron chi connectivity index (χ1n) is 7.72. The lowest BCUT2D eigenvalue weighted by molar-refractivity contribution is 0.388. The van der Waals surface area contributed by atoms with Crippen LogP contribution in [-0.2, 0) is 0 Å². The van der Waals surface area contributed by atoms with Crippen molar-refractivity contribution >= 4 is 5.69 Å². The SMILES string of the molecule is CCC(N)C(c1ccc(C)o1)N(CC)c1cccc(C)c1. The van der Waals surface area contributed by atoms with E-state index < -0.39 is 0 Å². The van der Waals surface area contributed by atoms with E-state index in [-0.39, 0.29) is 12.1 Å². The van der Waals surface area contributed by atoms with E-state index in [1.54, 1.807) is 0 Å². The van der Waals surface area contributed by atoms with Gasteiger partial charge in [0.15, 0.2) is 0 Å². The number of furan rings is 1. The molecule has 3 heteroatoms. The van der Waals surface area contributed by atoms with E-state index >= 15 is 0 Å². The molecule has 2 aromatic rings. The highest BCUT2D eigenvalue weighted by Crippen LogP contribution is 2.31. The molecule has 0 spiro atoms. The number of likely N-dealkylation sites (N-methyl/N-ethyl adjacent to an activating group) is 1. The van der Waals surface area contributed by atoms with E-state index in [9.17, 15) is 0 Å². The van der Waals surface area contributed by atoms with E-state index in [4.69, 9.17) is 10.2 Å². The number of aryl methyl sites for hydroxylation is 2. The molecular weight excluding hydrogens is 260 g/mol. The third-order valence-corrected chi connectivity index (χ3v) is 3.94. The number of hydrogen-bond donors (Lipinski definition) is 1. The minimum Gasteiger partial charge on any atom is -0.464 e. The van der Waals surface area contributed by atoms with Gasteiger partial charge in [-0.1, -0.05) is 19.1 Å². The first-order valence-corrected chi connectivity index (χ1v) is 7.72. The van der Waals surface area contributed by atoms with Crippen LogP contribution in [0.5, 0.6) is 0 Å². The van der Waals surface area contributed by atoms with Crippen molar-refractivity contribution in [1.29, 1.82) is 0 Å². The predicted molar refractivity (Wildman–Crippen MR) is 88.7 cm³/mol. The Hall–Kier alpha value is -1.74. The highest BCUT2D eigenvalue weighted by molar-refractivity contribution is 5.50. The van der Waals surface area contributed by atoms with Gasteiger partial charge in [0.2, 0.25) is 0 Å². The van der Waals surface area contributed by atoms with Crippen molar-refractivity contribution in [2.24, 2.45) is 5.73 Å². The summed E-state index contributed by atoms with van der Waals surface area (Å²) in [6, 6.07) is 12.7. The Morgan fingerprint density at radius 3 is 2.43 bits per heavy atom. The lowest BCUT2D eigenvalue weighted by Gasteiger charge is -2.35. The molecule has 0 bridgehead atoms. The average Bonchev–Trinajstić information content (AvgIpc) is 2.89. The second kappa shape index (κ2) is 6.81. The molecule has 0 radical (unpaired) electrons. The maximum atomic E-state index is 6.41. The lowest BCUT2D eigenvalue weighted by atomic mass is 10.0. The number of hydrogen-bond acceptors (Lipinski definition) is 3. The van der Waals surface area contributed by atoms with Gasteiger partial charge in [-0.25, -0.2) is 0 Å². The molecule has 1 aromatic heterocycles. The predicted octanol–water partition coefficient (Wildman–Crippen LogP) is 4.20. The van der Waals surface area contributed by atoms with E-state index in [2.05, 4.69) is 49.9 Å². The Morgan fingerprint density at radius 1 is 1.14 bits per heavy atom. The molecule has 2 N–H and O–H groups in total. The van der Waals surface area contributed by atoms with Gasteiger partial charge in [-0.2, -0.15) is 0 Å². The van der Waals surface area contributed by atoms with Crippen LogP contribution in [0, 0.1) is 13.8 Å². The molecule has 2 atom stereocenters. The Kier molecular flexibility index (Phi) is 5.07. The molecule has 0 saturated carbocycles. The van der Waals surface area contributed by atoms with Crippen LogP contribution in [0.4, 0.5) is 5.69 Å². The van der Waals surface area contributed by atoms with Gasteiger partial charge >= 0.3 is 0 Å². The summed E-state index contributed by atoms with van der Waals surface area (Å²) in [4.78, 5) is 2.33. The number of benzene rings is 1. The van der Waals surface area contributed by atoms with Crippen molar-refractivity contribution in [1.82, 2.24) is 0 Å². The molecule has 0 saturated heterocycles. The van der Waals surface area contributed by atoms with E-state index in [1.165, 1.54) is 11.3 Å². The van der Waals surface area contributed by atoms with Crippen molar-refractivity contribution in [3.05, 3.63) is 53.5 Å². The van der Waals surface area contributed by atoms with Crippen LogP contribution in [0.25, 0.3) is 0 Å². The zero-order valence-electron chi connectivity index (χ0n) is 13.5. The standard InChI is InChI=1S/C18H26N2O/c1-5-16(19)18(17-11-10-14(4)21-17)20(6-2)15-9-7-8-13(3)12-15/h7-12,16,18H,5-6,19H2,1-4H3. The van der Waals surface area contributed by atoms with Crippen molar-refractivity contribution in [2.75, 3.05) is 11.4 Å². The summed E-state index contributed by atoms with van der Waals surface area (Å²) < 4.78 is 5.88. The zero-order valence-corrected chi connectivity index (χ0v) is 13.5. The molecule has 0 amide bonds. The van der Waals surface area contributed by atoms with Crippen LogP contribution in [0.15, 0.2) is 40.8 Å². The monoisotopic (exact) mass is 286 g/mol. The zero-order chi connectivity index (χ0) is 15.4. The van der Waals surface area contributed by atoms with E-state index in [0.717, 1.165) is 24.5 Å². The van der Waals surface area contributed by atoms with Crippen LogP contribution >= 0.6 is 0 Å². The first kappa shape index (κ1) is 15.6. The molecule has 0 aliphatic carbocycles. The summed E-state index contributed by atoms with van der Waals surface area (Å²) >= 11 is 0. The molecule has 1 aromatic carbocycles. The summed E-state index contributed by atoms with van der Waals surface area (Å²) in [5, 5.41) is 0. The topological polar surface area (TPSA) is 42.4 Å². The van der Waals surface area contributed by atoms with Gasteiger partial charge in [0.25, 0.3) is 0 Å². The van der Waals surface area contributed by atoms with Gasteiger partial charge < -0.3 is 15.1 Å². The Morgan fingerprint density at radius 2 is 1.90 bits per heavy atom. The van der Waals surface area contributed by atoms with Crippen molar-refractivity contribution in [3.8, 4) is 0 Å². The summed E-state index contributed by atoms with van der Waals surface area (Å²) in [5.74, 6) is 1.88. The summed E-state index contributed by atoms with van der Waals surface area (Å²) in [5.41, 5.74) is 8.86. The van der Waals surface area contributed by atoms with Crippen LogP contribution in [0.1, 0.15) is 43.4 Å². The maximum Gasteiger partial charge on any atom is 0.128 e. The van der Waals surface area contributed by atoms with Gasteiger partial charge in [-0.15, -0.1) is 0 Å². The average molecular weight is 286 g/mol. The smallest absolute Gasteiger partial charge is 0.128 e. The molecule has 1 heterocycles. The Bertz CT molecular complexity index is 576. The second-order valence-corrected chi connectivity index (χ2v) is 5.59. The quantitative estimate of drug-likeness (QED) is 0.865. The number of nitrogens with two attached hydrogens (primary N) is 1. The highest BCUT2D eigenvalue weighted by atomic mass is 16.3. The third-order valence-electron chi connectivity index (χ3n) is 3.94. The van der Waals surface area contributed by atoms with E-state index in [0.29, 0.717) is 0 Å². The van der Waals surface area contributed by atoms with Gasteiger partial charge in [0.05, 0.1) is 0 Å². The summed E-state index contributed by atoms with van der Waals surface area (Å²) in [6.45, 7) is 9.26. The molecule has 2 unspecified atom stereocenters. The number of nitrogens with zero attached hydrogens (tertiary/aromatic N) is 1. The molecule has 114 valence electrons. The van der Waals surface area contributed by atoms with Crippen molar-refractivity contribution < 1.29 is 4.42 Å². The molecule has 21 heavy (non-hydrogen) atoms. The minimum absolute atomic E-state index is 0.0380. The fourth-order valence-corrected chi connectivity index (χ4v) is 2.78. The van der Waals surface area contributed by atoms with Crippen molar-refractivity contribution in [2.45, 2.75) is 46.2 Å². The summed E-state index contributed by atoms with van der Waals surface area (Å²) in [6.07, 6.45) is 0.909. The van der Waals surface area contributed by atoms with E-state index in [1.807, 2.05) is 19.1 Å². The molecule has 0 aliphatic rings. The largest absolute Gasteiger partial charge is 0.464 e. The number of anilines is 1. The van der Waals surface area contributed by atoms with Crippen LogP contribution < -0.4 is 10.6 Å². The maximum absolute atomic E-state index is 6.41. The van der Waals surface area contributed by atoms with Crippen LogP contribution in [0.3, 0.4) is 0 Å². The first-order chi connectivity index (χ1) is 10.1. The third kappa shape index (κ3) is 3.48. The Balaban J connectivity index is 2.42. The fraction of sp³-hybridized carbons (Fsp3) is 0.444. The number of rotatable bonds is 6. The summed E-state index contributed by atoms with van der Waals surface area (Å²) in [7, 11) is 0. The van der Waals surface area contributed by atoms with Gasteiger partial charge in [-0.3, -0.25) is 0 Å². The van der Waals surface area contributed by atoms with Crippen LogP contribution in [0.2, 0.25) is 0 Å². The van der Waals surface area contributed by atoms with Gasteiger partial charge in [0, 0.05) is 18.3 Å². The highest BCUT2D eigenvalue weighted by Gasteiger charge is 2.27. The normalized spacial score (nSPS) is 14.0. The molecule has 2 rings (SSSR count). The van der Waals surface area contributed by atoms with Crippen molar-refractivity contribution in [3.63, 3.8) is 0 Å². The molecular formula is C18H26N2O. The fourth-order valence-electron chi connectivity index (χ4n) is 2.78. The minimum atomic E-state index is 0.0380. The molecule has 3 nitrogen and oxygen atoms in total. The Labute approximate surface area is 127 Å². The second-order valence-electron chi connectivity index (χ2n) is 5.59. The van der Waals surface area contributed by atoms with Crippen LogP contribution in [-0.4, -0.2) is 12.6 Å². The van der Waals surface area contributed by atoms with Gasteiger partial charge in [-0.05, 0) is 57.0 Å². The van der Waals surface area contributed by atoms with Gasteiger partial charge in [0.1, 0.15) is 17.6 Å².